The van der Waals surface area contributed by atoms with E-state index in [0.29, 0.717) is 54.5 Å². The largest absolute Gasteiger partial charge is 0.356 e. The molecule has 0 atom stereocenters. The maximum absolute atomic E-state index is 12.9. The number of sulfone groups is 1. The van der Waals surface area contributed by atoms with E-state index in [1.807, 2.05) is 43.3 Å². The van der Waals surface area contributed by atoms with Gasteiger partial charge in [0.1, 0.15) is 4.90 Å². The Kier molecular flexibility index (Phi) is 7.10. The Morgan fingerprint density at radius 1 is 1.09 bits per heavy atom. The molecule has 4 rings (SSSR count). The van der Waals surface area contributed by atoms with Crippen molar-refractivity contribution in [3.8, 4) is 11.4 Å². The predicted octanol–water partition coefficient (Wildman–Crippen LogP) is 4.18. The molecule has 0 unspecified atom stereocenters. The van der Waals surface area contributed by atoms with Gasteiger partial charge in [0.25, 0.3) is 0 Å². The average Bonchev–Trinajstić information content (AvgIpc) is 2.78. The van der Waals surface area contributed by atoms with Gasteiger partial charge in [-0.1, -0.05) is 54.9 Å². The summed E-state index contributed by atoms with van der Waals surface area (Å²) in [6.07, 6.45) is 2.73. The predicted molar refractivity (Wildman–Crippen MR) is 129 cm³/mol. The van der Waals surface area contributed by atoms with Crippen molar-refractivity contribution in [1.29, 1.82) is 0 Å². The number of carbonyl (C=O) groups excluding carboxylic acids is 1. The maximum atomic E-state index is 12.9. The minimum absolute atomic E-state index is 0.00766. The van der Waals surface area contributed by atoms with Gasteiger partial charge in [0, 0.05) is 23.6 Å². The quantitative estimate of drug-likeness (QED) is 0.544. The Balaban J connectivity index is 1.66. The summed E-state index contributed by atoms with van der Waals surface area (Å²) in [6.45, 7) is 2.68. The third-order valence-corrected chi connectivity index (χ3v) is 7.71. The molecule has 1 amide bonds. The first-order valence-corrected chi connectivity index (χ1v) is 13.1. The molecule has 0 radical (unpaired) electrons. The van der Waals surface area contributed by atoms with E-state index in [4.69, 9.17) is 11.6 Å². The van der Waals surface area contributed by atoms with Gasteiger partial charge in [-0.3, -0.25) is 4.79 Å². The number of fused-ring (bicyclic) bond motifs is 1. The van der Waals surface area contributed by atoms with Gasteiger partial charge in [-0.2, -0.15) is 0 Å². The smallest absolute Gasteiger partial charge is 0.224 e. The third kappa shape index (κ3) is 5.60. The van der Waals surface area contributed by atoms with Gasteiger partial charge in [0.2, 0.25) is 5.91 Å². The van der Waals surface area contributed by atoms with Gasteiger partial charge in [0.05, 0.1) is 23.6 Å². The summed E-state index contributed by atoms with van der Waals surface area (Å²) in [7, 11) is -3.44. The van der Waals surface area contributed by atoms with E-state index in [1.165, 1.54) is 0 Å². The molecule has 2 heterocycles. The molecular weight excluding hydrogens is 458 g/mol. The maximum Gasteiger partial charge on any atom is 0.224 e. The Morgan fingerprint density at radius 2 is 1.85 bits per heavy atom. The summed E-state index contributed by atoms with van der Waals surface area (Å²) in [4.78, 5) is 21.5. The van der Waals surface area contributed by atoms with Crippen molar-refractivity contribution in [1.82, 2.24) is 15.3 Å². The first-order valence-electron chi connectivity index (χ1n) is 11.1. The molecule has 0 fully saturated rings. The van der Waals surface area contributed by atoms with E-state index < -0.39 is 9.84 Å². The number of benzene rings is 2. The SMILES string of the molecule is CCCNC(=O)Cc1ccc(Cc2nc(-c3cccc(Cl)c3)nc3c2S(=O)(=O)CCC3)cc1. The van der Waals surface area contributed by atoms with Crippen molar-refractivity contribution in [2.24, 2.45) is 0 Å². The molecule has 6 nitrogen and oxygen atoms in total. The van der Waals surface area contributed by atoms with E-state index >= 15 is 0 Å². The summed E-state index contributed by atoms with van der Waals surface area (Å²) in [5.74, 6) is 0.581. The van der Waals surface area contributed by atoms with Crippen LogP contribution in [0.2, 0.25) is 5.02 Å². The van der Waals surface area contributed by atoms with E-state index in [2.05, 4.69) is 15.3 Å². The lowest BCUT2D eigenvalue weighted by molar-refractivity contribution is -0.120. The number of hydrogen-bond donors (Lipinski definition) is 1. The number of nitrogens with one attached hydrogen (secondary N) is 1. The minimum atomic E-state index is -3.44. The molecule has 1 aromatic heterocycles. The van der Waals surface area contributed by atoms with E-state index in [1.54, 1.807) is 12.1 Å². The van der Waals surface area contributed by atoms with Gasteiger partial charge in [-0.25, -0.2) is 18.4 Å². The number of hydrogen-bond acceptors (Lipinski definition) is 5. The fourth-order valence-corrected chi connectivity index (χ4v) is 5.87. The highest BCUT2D eigenvalue weighted by atomic mass is 35.5. The molecular formula is C25H26ClN3O3S. The molecule has 0 saturated heterocycles. The second-order valence-corrected chi connectivity index (χ2v) is 10.7. The summed E-state index contributed by atoms with van der Waals surface area (Å²) in [6, 6.07) is 14.9. The number of aromatic nitrogens is 2. The van der Waals surface area contributed by atoms with E-state index in [-0.39, 0.29) is 16.6 Å². The highest BCUT2D eigenvalue weighted by molar-refractivity contribution is 7.91. The van der Waals surface area contributed by atoms with Gasteiger partial charge in [-0.05, 0) is 42.5 Å². The normalized spacial score (nSPS) is 14.5. The summed E-state index contributed by atoms with van der Waals surface area (Å²) >= 11 is 6.15. The molecule has 1 aliphatic heterocycles. The number of nitrogens with zero attached hydrogens (tertiary/aromatic N) is 2. The van der Waals surface area contributed by atoms with Crippen molar-refractivity contribution in [2.75, 3.05) is 12.3 Å². The van der Waals surface area contributed by atoms with Crippen LogP contribution in [0.5, 0.6) is 0 Å². The monoisotopic (exact) mass is 483 g/mol. The van der Waals surface area contributed by atoms with Crippen molar-refractivity contribution in [3.63, 3.8) is 0 Å². The van der Waals surface area contributed by atoms with Crippen LogP contribution in [0.3, 0.4) is 0 Å². The Labute approximate surface area is 199 Å². The van der Waals surface area contributed by atoms with Crippen LogP contribution in [-0.2, 0) is 33.9 Å². The van der Waals surface area contributed by atoms with Crippen LogP contribution < -0.4 is 5.32 Å². The van der Waals surface area contributed by atoms with Gasteiger partial charge >= 0.3 is 0 Å². The summed E-state index contributed by atoms with van der Waals surface area (Å²) in [5, 5.41) is 3.44. The standard InChI is InChI=1S/C25H26ClN3O3S/c1-2-12-27-23(30)15-18-10-8-17(9-11-18)14-22-24-21(7-4-13-33(24,31)32)28-25(29-22)19-5-3-6-20(26)16-19/h3,5-6,8-11,16H,2,4,7,12-15H2,1H3,(H,27,30). The van der Waals surface area contributed by atoms with Crippen molar-refractivity contribution >= 4 is 27.3 Å². The topological polar surface area (TPSA) is 89.0 Å². The molecule has 0 bridgehead atoms. The first kappa shape index (κ1) is 23.4. The molecule has 33 heavy (non-hydrogen) atoms. The van der Waals surface area contributed by atoms with Crippen LogP contribution in [0.25, 0.3) is 11.4 Å². The highest BCUT2D eigenvalue weighted by Gasteiger charge is 2.30. The molecule has 1 N–H and O–H groups in total. The highest BCUT2D eigenvalue weighted by Crippen LogP contribution is 2.31. The number of amides is 1. The molecule has 3 aromatic rings. The summed E-state index contributed by atoms with van der Waals surface area (Å²) < 4.78 is 25.8. The number of rotatable bonds is 7. The fourth-order valence-electron chi connectivity index (χ4n) is 3.97. The van der Waals surface area contributed by atoms with Crippen LogP contribution in [-0.4, -0.2) is 36.6 Å². The fraction of sp³-hybridized carbons (Fsp3) is 0.320. The molecule has 2 aromatic carbocycles. The van der Waals surface area contributed by atoms with Gasteiger partial charge in [0.15, 0.2) is 15.7 Å². The van der Waals surface area contributed by atoms with Crippen molar-refractivity contribution < 1.29 is 13.2 Å². The molecule has 1 aliphatic rings. The lowest BCUT2D eigenvalue weighted by Crippen LogP contribution is -2.25. The molecule has 0 spiro atoms. The number of aryl methyl sites for hydroxylation is 1. The molecule has 0 saturated carbocycles. The zero-order valence-corrected chi connectivity index (χ0v) is 20.0. The van der Waals surface area contributed by atoms with Crippen LogP contribution in [0, 0.1) is 0 Å². The average molecular weight is 484 g/mol. The Bertz CT molecular complexity index is 1270. The van der Waals surface area contributed by atoms with Crippen molar-refractivity contribution in [2.45, 2.75) is 43.9 Å². The Hall–Kier alpha value is -2.77. The van der Waals surface area contributed by atoms with Gasteiger partial charge < -0.3 is 5.32 Å². The lowest BCUT2D eigenvalue weighted by Gasteiger charge is -2.20. The summed E-state index contributed by atoms with van der Waals surface area (Å²) in [5.41, 5.74) is 3.66. The third-order valence-electron chi connectivity index (χ3n) is 5.56. The zero-order valence-electron chi connectivity index (χ0n) is 18.5. The van der Waals surface area contributed by atoms with Gasteiger partial charge in [-0.15, -0.1) is 0 Å². The first-order chi connectivity index (χ1) is 15.9. The molecule has 172 valence electrons. The van der Waals surface area contributed by atoms with E-state index in [9.17, 15) is 13.2 Å². The number of carbonyl (C=O) groups is 1. The Morgan fingerprint density at radius 3 is 2.58 bits per heavy atom. The second-order valence-electron chi connectivity index (χ2n) is 8.22. The van der Waals surface area contributed by atoms with Crippen LogP contribution in [0.15, 0.2) is 53.4 Å². The van der Waals surface area contributed by atoms with Crippen molar-refractivity contribution in [3.05, 3.63) is 76.1 Å². The van der Waals surface area contributed by atoms with Crippen LogP contribution in [0.1, 0.15) is 42.3 Å². The van der Waals surface area contributed by atoms with Crippen LogP contribution >= 0.6 is 11.6 Å². The van der Waals surface area contributed by atoms with Crippen LogP contribution in [0.4, 0.5) is 0 Å². The second kappa shape index (κ2) is 10.0. The molecule has 8 heteroatoms. The minimum Gasteiger partial charge on any atom is -0.356 e. The molecule has 0 aliphatic carbocycles. The number of halogens is 1. The van der Waals surface area contributed by atoms with E-state index in [0.717, 1.165) is 23.1 Å². The lowest BCUT2D eigenvalue weighted by atomic mass is 10.0. The zero-order chi connectivity index (χ0) is 23.4.